The second-order valence-corrected chi connectivity index (χ2v) is 7.61. The summed E-state index contributed by atoms with van der Waals surface area (Å²) in [6, 6.07) is 11.9. The van der Waals surface area contributed by atoms with Gasteiger partial charge in [-0.15, -0.1) is 0 Å². The minimum Gasteiger partial charge on any atom is -0.377 e. The first-order valence-corrected chi connectivity index (χ1v) is 9.93. The highest BCUT2D eigenvalue weighted by Crippen LogP contribution is 2.31. The molecule has 7 heteroatoms. The summed E-state index contributed by atoms with van der Waals surface area (Å²) < 4.78 is 9.51. The Morgan fingerprint density at radius 1 is 1.17 bits per heavy atom. The smallest absolute Gasteiger partial charge is 0.275 e. The number of hydrogen-bond donors (Lipinski definition) is 0. The van der Waals surface area contributed by atoms with E-state index >= 15 is 0 Å². The van der Waals surface area contributed by atoms with E-state index in [2.05, 4.69) is 24.2 Å². The van der Waals surface area contributed by atoms with Gasteiger partial charge >= 0.3 is 0 Å². The number of benzene rings is 1. The molecule has 0 bridgehead atoms. The molecule has 1 aliphatic heterocycles. The topological polar surface area (TPSA) is 65.2 Å². The van der Waals surface area contributed by atoms with E-state index in [1.165, 1.54) is 5.56 Å². The van der Waals surface area contributed by atoms with Gasteiger partial charge in [-0.1, -0.05) is 30.3 Å². The molecule has 1 atom stereocenters. The van der Waals surface area contributed by atoms with E-state index in [9.17, 15) is 4.79 Å². The second-order valence-electron chi connectivity index (χ2n) is 7.61. The highest BCUT2D eigenvalue weighted by molar-refractivity contribution is 5.92. The highest BCUT2D eigenvalue weighted by Gasteiger charge is 2.34. The van der Waals surface area contributed by atoms with Crippen molar-refractivity contribution in [2.45, 2.75) is 33.4 Å². The fraction of sp³-hybridized carbons (Fsp3) is 0.409. The fourth-order valence-electron chi connectivity index (χ4n) is 4.00. The molecule has 4 rings (SSSR count). The normalized spacial score (nSPS) is 17.0. The van der Waals surface area contributed by atoms with E-state index in [1.54, 1.807) is 4.68 Å². The fourth-order valence-corrected chi connectivity index (χ4v) is 4.00. The summed E-state index contributed by atoms with van der Waals surface area (Å²) in [5, 5.41) is 9.15. The van der Waals surface area contributed by atoms with Crippen LogP contribution in [0, 0.1) is 20.8 Å². The van der Waals surface area contributed by atoms with Gasteiger partial charge in [-0.25, -0.2) is 0 Å². The van der Waals surface area contributed by atoms with Crippen LogP contribution in [0.25, 0.3) is 0 Å². The van der Waals surface area contributed by atoms with Crippen molar-refractivity contribution in [3.63, 3.8) is 0 Å². The molecule has 1 aliphatic rings. The minimum atomic E-state index is -0.164. The average Bonchev–Trinajstić information content (AvgIpc) is 3.20. The van der Waals surface area contributed by atoms with Crippen molar-refractivity contribution in [3.8, 4) is 0 Å². The van der Waals surface area contributed by atoms with Gasteiger partial charge in [0.2, 0.25) is 0 Å². The zero-order chi connectivity index (χ0) is 20.5. The lowest BCUT2D eigenvalue weighted by atomic mass is 10.0. The number of nitrogens with zero attached hydrogens (tertiary/aromatic N) is 5. The van der Waals surface area contributed by atoms with Crippen LogP contribution in [-0.4, -0.2) is 50.1 Å². The third-order valence-electron chi connectivity index (χ3n) is 5.67. The number of carbonyl (C=O) groups excluding carboxylic acids is 1. The molecule has 0 spiro atoms. The lowest BCUT2D eigenvalue weighted by Crippen LogP contribution is -2.44. The van der Waals surface area contributed by atoms with Gasteiger partial charge in [-0.05, 0) is 32.4 Å². The minimum absolute atomic E-state index is 0.0587. The van der Waals surface area contributed by atoms with Crippen LogP contribution in [0.5, 0.6) is 0 Å². The summed E-state index contributed by atoms with van der Waals surface area (Å²) in [4.78, 5) is 15.1. The maximum absolute atomic E-state index is 13.2. The van der Waals surface area contributed by atoms with E-state index < -0.39 is 0 Å². The Balaban J connectivity index is 1.65. The van der Waals surface area contributed by atoms with Crippen molar-refractivity contribution in [2.75, 3.05) is 19.8 Å². The predicted octanol–water partition coefficient (Wildman–Crippen LogP) is 2.80. The number of carbonyl (C=O) groups is 1. The summed E-state index contributed by atoms with van der Waals surface area (Å²) >= 11 is 0. The summed E-state index contributed by atoms with van der Waals surface area (Å²) in [6.45, 7) is 8.27. The van der Waals surface area contributed by atoms with Crippen LogP contribution in [0.4, 0.5) is 0 Å². The standard InChI is InChI=1S/C22H27N5O2/c1-15-12-19(24-25(15)4)22(28)26-10-11-29-14-20(26)21-16(2)23-27(17(21)3)13-18-8-6-5-7-9-18/h5-9,12,20H,10-11,13-14H2,1-4H3/t20-/m1/s1. The Hall–Kier alpha value is -2.93. The lowest BCUT2D eigenvalue weighted by molar-refractivity contribution is -0.00339. The van der Waals surface area contributed by atoms with Crippen LogP contribution in [0.2, 0.25) is 0 Å². The molecule has 3 heterocycles. The molecule has 0 saturated carbocycles. The third kappa shape index (κ3) is 3.70. The van der Waals surface area contributed by atoms with Crippen LogP contribution in [-0.2, 0) is 18.3 Å². The molecule has 0 unspecified atom stereocenters. The van der Waals surface area contributed by atoms with Crippen LogP contribution in [0.3, 0.4) is 0 Å². The maximum atomic E-state index is 13.2. The first-order chi connectivity index (χ1) is 14.0. The van der Waals surface area contributed by atoms with Crippen molar-refractivity contribution in [2.24, 2.45) is 7.05 Å². The molecule has 0 aliphatic carbocycles. The van der Waals surface area contributed by atoms with Gasteiger partial charge in [0, 0.05) is 30.5 Å². The third-order valence-corrected chi connectivity index (χ3v) is 5.67. The molecule has 1 aromatic carbocycles. The molecule has 1 fully saturated rings. The number of rotatable bonds is 4. The molecule has 2 aromatic heterocycles. The van der Waals surface area contributed by atoms with E-state index in [4.69, 9.17) is 9.84 Å². The summed E-state index contributed by atoms with van der Waals surface area (Å²) in [7, 11) is 1.85. The lowest BCUT2D eigenvalue weighted by Gasteiger charge is -2.35. The molecule has 3 aromatic rings. The maximum Gasteiger partial charge on any atom is 0.275 e. The Morgan fingerprint density at radius 3 is 2.62 bits per heavy atom. The number of aromatic nitrogens is 4. The van der Waals surface area contributed by atoms with E-state index in [0.29, 0.717) is 32.0 Å². The molecule has 1 saturated heterocycles. The second kappa shape index (κ2) is 7.83. The van der Waals surface area contributed by atoms with Crippen molar-refractivity contribution >= 4 is 5.91 Å². The molecule has 0 radical (unpaired) electrons. The molecular formula is C22H27N5O2. The predicted molar refractivity (Wildman–Crippen MR) is 110 cm³/mol. The van der Waals surface area contributed by atoms with Crippen LogP contribution < -0.4 is 0 Å². The van der Waals surface area contributed by atoms with Gasteiger partial charge in [0.25, 0.3) is 5.91 Å². The number of ether oxygens (including phenoxy) is 1. The number of morpholine rings is 1. The SMILES string of the molecule is Cc1nn(Cc2ccccc2)c(C)c1[C@H]1COCCN1C(=O)c1cc(C)n(C)n1. The van der Waals surface area contributed by atoms with E-state index in [1.807, 2.05) is 54.7 Å². The van der Waals surface area contributed by atoms with Gasteiger partial charge in [0.15, 0.2) is 5.69 Å². The van der Waals surface area contributed by atoms with Crippen LogP contribution >= 0.6 is 0 Å². The summed E-state index contributed by atoms with van der Waals surface area (Å²) in [5.74, 6) is -0.0587. The monoisotopic (exact) mass is 393 g/mol. The Kier molecular flexibility index (Phi) is 5.24. The van der Waals surface area contributed by atoms with Crippen molar-refractivity contribution in [1.82, 2.24) is 24.5 Å². The first kappa shape index (κ1) is 19.4. The van der Waals surface area contributed by atoms with Crippen LogP contribution in [0.1, 0.15) is 44.7 Å². The molecule has 1 amide bonds. The molecule has 29 heavy (non-hydrogen) atoms. The van der Waals surface area contributed by atoms with Gasteiger partial charge in [-0.2, -0.15) is 10.2 Å². The summed E-state index contributed by atoms with van der Waals surface area (Å²) in [5.41, 5.74) is 5.70. The van der Waals surface area contributed by atoms with Crippen molar-refractivity contribution in [3.05, 3.63) is 70.3 Å². The van der Waals surface area contributed by atoms with Gasteiger partial charge in [-0.3, -0.25) is 14.2 Å². The Morgan fingerprint density at radius 2 is 1.93 bits per heavy atom. The van der Waals surface area contributed by atoms with Crippen LogP contribution in [0.15, 0.2) is 36.4 Å². The summed E-state index contributed by atoms with van der Waals surface area (Å²) in [6.07, 6.45) is 0. The van der Waals surface area contributed by atoms with Gasteiger partial charge < -0.3 is 9.64 Å². The number of hydrogen-bond acceptors (Lipinski definition) is 4. The molecule has 7 nitrogen and oxygen atoms in total. The highest BCUT2D eigenvalue weighted by atomic mass is 16.5. The Labute approximate surface area is 170 Å². The van der Waals surface area contributed by atoms with Gasteiger partial charge in [0.1, 0.15) is 0 Å². The molecular weight excluding hydrogens is 366 g/mol. The van der Waals surface area contributed by atoms with E-state index in [-0.39, 0.29) is 11.9 Å². The number of aryl methyl sites for hydroxylation is 3. The molecule has 0 N–H and O–H groups in total. The largest absolute Gasteiger partial charge is 0.377 e. The molecule has 152 valence electrons. The van der Waals surface area contributed by atoms with E-state index in [0.717, 1.165) is 22.6 Å². The zero-order valence-corrected chi connectivity index (χ0v) is 17.4. The first-order valence-electron chi connectivity index (χ1n) is 9.93. The van der Waals surface area contributed by atoms with Gasteiger partial charge in [0.05, 0.1) is 31.5 Å². The quantitative estimate of drug-likeness (QED) is 0.684. The zero-order valence-electron chi connectivity index (χ0n) is 17.4. The Bertz CT molecular complexity index is 1000. The van der Waals surface area contributed by atoms with Crippen molar-refractivity contribution in [1.29, 1.82) is 0 Å². The number of amides is 1. The van der Waals surface area contributed by atoms with Crippen molar-refractivity contribution < 1.29 is 9.53 Å². The average molecular weight is 393 g/mol.